The third-order valence-electron chi connectivity index (χ3n) is 1.40. The SMILES string of the molecule is COC(=O)OCC#CN1CCOC1=O. The summed E-state index contributed by atoms with van der Waals surface area (Å²) in [7, 11) is 1.20. The average molecular weight is 199 g/mol. The largest absolute Gasteiger partial charge is 0.508 e. The van der Waals surface area contributed by atoms with Crippen LogP contribution in [0, 0.1) is 12.0 Å². The fourth-order valence-electron chi connectivity index (χ4n) is 0.777. The molecule has 1 rings (SSSR count). The maximum Gasteiger partial charge on any atom is 0.508 e. The molecular weight excluding hydrogens is 190 g/mol. The highest BCUT2D eigenvalue weighted by atomic mass is 16.7. The fraction of sp³-hybridized carbons (Fsp3) is 0.500. The van der Waals surface area contributed by atoms with E-state index in [1.807, 2.05) is 0 Å². The van der Waals surface area contributed by atoms with Gasteiger partial charge in [0.15, 0.2) is 6.61 Å². The average Bonchev–Trinajstić information content (AvgIpc) is 2.58. The van der Waals surface area contributed by atoms with E-state index in [0.717, 1.165) is 0 Å². The van der Waals surface area contributed by atoms with Crippen molar-refractivity contribution >= 4 is 12.2 Å². The van der Waals surface area contributed by atoms with Crippen LogP contribution >= 0.6 is 0 Å². The Labute approximate surface area is 80.7 Å². The molecule has 0 aromatic rings. The molecule has 0 aromatic heterocycles. The molecule has 1 fully saturated rings. The molecule has 1 aliphatic heterocycles. The van der Waals surface area contributed by atoms with Crippen molar-refractivity contribution in [2.24, 2.45) is 0 Å². The molecule has 0 atom stereocenters. The van der Waals surface area contributed by atoms with E-state index in [1.165, 1.54) is 12.0 Å². The van der Waals surface area contributed by atoms with Gasteiger partial charge < -0.3 is 14.2 Å². The summed E-state index contributed by atoms with van der Waals surface area (Å²) in [4.78, 5) is 22.5. The molecule has 1 heterocycles. The summed E-state index contributed by atoms with van der Waals surface area (Å²) in [6.45, 7) is 0.659. The lowest BCUT2D eigenvalue weighted by molar-refractivity contribution is 0.0832. The zero-order valence-electron chi connectivity index (χ0n) is 7.61. The van der Waals surface area contributed by atoms with Gasteiger partial charge in [0.25, 0.3) is 0 Å². The minimum Gasteiger partial charge on any atom is -0.447 e. The highest BCUT2D eigenvalue weighted by molar-refractivity contribution is 5.71. The number of carbonyl (C=O) groups excluding carboxylic acids is 2. The molecular formula is C8H9NO5. The van der Waals surface area contributed by atoms with Crippen LogP contribution in [0.2, 0.25) is 0 Å². The van der Waals surface area contributed by atoms with E-state index in [9.17, 15) is 9.59 Å². The van der Waals surface area contributed by atoms with Gasteiger partial charge in [-0.3, -0.25) is 0 Å². The molecule has 14 heavy (non-hydrogen) atoms. The minimum atomic E-state index is -0.803. The van der Waals surface area contributed by atoms with E-state index in [2.05, 4.69) is 26.2 Å². The van der Waals surface area contributed by atoms with Gasteiger partial charge in [0.05, 0.1) is 13.7 Å². The van der Waals surface area contributed by atoms with Crippen LogP contribution in [0.3, 0.4) is 0 Å². The van der Waals surface area contributed by atoms with Crippen molar-refractivity contribution in [2.45, 2.75) is 0 Å². The van der Waals surface area contributed by atoms with Gasteiger partial charge in [0, 0.05) is 6.04 Å². The number of nitrogens with zero attached hydrogens (tertiary/aromatic N) is 1. The van der Waals surface area contributed by atoms with Gasteiger partial charge in [0.2, 0.25) is 0 Å². The number of rotatable bonds is 1. The van der Waals surface area contributed by atoms with Gasteiger partial charge in [-0.15, -0.1) is 0 Å². The maximum absolute atomic E-state index is 10.8. The Morgan fingerprint density at radius 3 is 3.07 bits per heavy atom. The molecule has 0 N–H and O–H groups in total. The van der Waals surface area contributed by atoms with Crippen LogP contribution in [0.25, 0.3) is 0 Å². The molecule has 6 nitrogen and oxygen atoms in total. The Kier molecular flexibility index (Phi) is 3.61. The van der Waals surface area contributed by atoms with E-state index < -0.39 is 12.2 Å². The topological polar surface area (TPSA) is 65.1 Å². The van der Waals surface area contributed by atoms with E-state index >= 15 is 0 Å². The summed E-state index contributed by atoms with van der Waals surface area (Å²) in [5.74, 6) is 2.48. The Bertz CT molecular complexity index is 290. The third kappa shape index (κ3) is 2.86. The predicted molar refractivity (Wildman–Crippen MR) is 44.2 cm³/mol. The van der Waals surface area contributed by atoms with Crippen molar-refractivity contribution < 1.29 is 23.8 Å². The highest BCUT2D eigenvalue weighted by Crippen LogP contribution is 1.99. The number of ether oxygens (including phenoxy) is 3. The quantitative estimate of drug-likeness (QED) is 0.445. The van der Waals surface area contributed by atoms with Crippen molar-refractivity contribution in [3.8, 4) is 12.0 Å². The summed E-state index contributed by atoms with van der Waals surface area (Å²) in [6.07, 6.45) is -1.28. The first-order chi connectivity index (χ1) is 6.74. The van der Waals surface area contributed by atoms with Gasteiger partial charge in [-0.2, -0.15) is 0 Å². The zero-order valence-corrected chi connectivity index (χ0v) is 7.61. The second kappa shape index (κ2) is 4.97. The van der Waals surface area contributed by atoms with Crippen molar-refractivity contribution in [3.05, 3.63) is 0 Å². The molecule has 0 unspecified atom stereocenters. The molecule has 0 bridgehead atoms. The molecule has 0 radical (unpaired) electrons. The third-order valence-corrected chi connectivity index (χ3v) is 1.40. The standard InChI is InChI=1S/C8H9NO5/c1-12-8(11)14-5-2-3-9-4-6-13-7(9)10/h4-6H2,1H3. The maximum atomic E-state index is 10.8. The van der Waals surface area contributed by atoms with Crippen molar-refractivity contribution in [1.29, 1.82) is 0 Å². The molecule has 1 aliphatic rings. The van der Waals surface area contributed by atoms with Crippen LogP contribution in [0.1, 0.15) is 0 Å². The first-order valence-corrected chi connectivity index (χ1v) is 3.87. The molecule has 1 saturated heterocycles. The van der Waals surface area contributed by atoms with Crippen LogP contribution in [0.15, 0.2) is 0 Å². The number of cyclic esters (lactones) is 1. The summed E-state index contributed by atoms with van der Waals surface area (Å²) < 4.78 is 13.3. The summed E-state index contributed by atoms with van der Waals surface area (Å²) in [5, 5.41) is 0. The van der Waals surface area contributed by atoms with Gasteiger partial charge in [0.1, 0.15) is 6.61 Å². The summed E-state index contributed by atoms with van der Waals surface area (Å²) in [5.41, 5.74) is 0. The molecule has 76 valence electrons. The smallest absolute Gasteiger partial charge is 0.447 e. The zero-order chi connectivity index (χ0) is 10.4. The fourth-order valence-corrected chi connectivity index (χ4v) is 0.777. The molecule has 1 amide bonds. The summed E-state index contributed by atoms with van der Waals surface area (Å²) >= 11 is 0. The second-order valence-electron chi connectivity index (χ2n) is 2.30. The van der Waals surface area contributed by atoms with Crippen molar-refractivity contribution in [1.82, 2.24) is 4.90 Å². The number of methoxy groups -OCH3 is 1. The first kappa shape index (κ1) is 10.2. The molecule has 6 heteroatoms. The lowest BCUT2D eigenvalue weighted by atomic mass is 10.6. The van der Waals surface area contributed by atoms with Crippen LogP contribution in [0.4, 0.5) is 9.59 Å². The number of carbonyl (C=O) groups is 2. The highest BCUT2D eigenvalue weighted by Gasteiger charge is 2.19. The van der Waals surface area contributed by atoms with Crippen molar-refractivity contribution in [2.75, 3.05) is 26.9 Å². The van der Waals surface area contributed by atoms with Crippen LogP contribution in [-0.4, -0.2) is 44.0 Å². The van der Waals surface area contributed by atoms with Crippen LogP contribution in [-0.2, 0) is 14.2 Å². The lowest BCUT2D eigenvalue weighted by Crippen LogP contribution is -2.17. The van der Waals surface area contributed by atoms with E-state index in [0.29, 0.717) is 13.2 Å². The Balaban J connectivity index is 2.26. The van der Waals surface area contributed by atoms with Gasteiger partial charge >= 0.3 is 12.2 Å². The van der Waals surface area contributed by atoms with Gasteiger partial charge in [-0.05, 0) is 5.92 Å². The van der Waals surface area contributed by atoms with E-state index in [4.69, 9.17) is 0 Å². The monoisotopic (exact) mass is 199 g/mol. The Morgan fingerprint density at radius 2 is 2.50 bits per heavy atom. The molecule has 0 aromatic carbocycles. The molecule has 0 aliphatic carbocycles. The molecule has 0 saturated carbocycles. The van der Waals surface area contributed by atoms with Crippen molar-refractivity contribution in [3.63, 3.8) is 0 Å². The molecule has 0 spiro atoms. The van der Waals surface area contributed by atoms with Gasteiger partial charge in [-0.1, -0.05) is 0 Å². The first-order valence-electron chi connectivity index (χ1n) is 3.87. The number of hydrogen-bond donors (Lipinski definition) is 0. The van der Waals surface area contributed by atoms with E-state index in [1.54, 1.807) is 0 Å². The van der Waals surface area contributed by atoms with Crippen LogP contribution < -0.4 is 0 Å². The van der Waals surface area contributed by atoms with Gasteiger partial charge in [-0.25, -0.2) is 14.5 Å². The van der Waals surface area contributed by atoms with Crippen LogP contribution in [0.5, 0.6) is 0 Å². The van der Waals surface area contributed by atoms with E-state index in [-0.39, 0.29) is 6.61 Å². The number of hydrogen-bond acceptors (Lipinski definition) is 5. The lowest BCUT2D eigenvalue weighted by Gasteiger charge is -2.00. The summed E-state index contributed by atoms with van der Waals surface area (Å²) in [6, 6.07) is 2.49. The minimum absolute atomic E-state index is 0.115. The number of amides is 1. The Hall–Kier alpha value is -1.90. The normalized spacial score (nSPS) is 14.1. The Morgan fingerprint density at radius 1 is 1.71 bits per heavy atom. The second-order valence-corrected chi connectivity index (χ2v) is 2.30. The predicted octanol–water partition coefficient (Wildman–Crippen LogP) is 0.183.